The number of ether oxygens (including phenoxy) is 1. The molecule has 0 aromatic carbocycles. The van der Waals surface area contributed by atoms with E-state index in [-0.39, 0.29) is 22.9 Å². The summed E-state index contributed by atoms with van der Waals surface area (Å²) in [5.74, 6) is 1.39. The van der Waals surface area contributed by atoms with Crippen LogP contribution in [0.3, 0.4) is 0 Å². The lowest BCUT2D eigenvalue weighted by molar-refractivity contribution is -0.224. The standard InChI is InChI=1S/C23H34O4/c1-21-8-6-16(24)12-15(21)5-10-23(26)18-4-3-17(14-11-20(25)27-13-14)22(18,2)9-7-19(21)23/h11,15-19,24,26H,3-10,12-13H2,1-2H3/t15-,16+,17-,18-,19-,21+,22-,23?/m0/s1. The Morgan fingerprint density at radius 1 is 1.00 bits per heavy atom. The normalized spacial score (nSPS) is 54.6. The predicted octanol–water partition coefficient (Wildman–Crippen LogP) is 3.60. The second kappa shape index (κ2) is 5.82. The molecule has 1 unspecified atom stereocenters. The molecule has 1 aliphatic heterocycles. The summed E-state index contributed by atoms with van der Waals surface area (Å²) < 4.78 is 5.21. The van der Waals surface area contributed by atoms with Gasteiger partial charge in [0.25, 0.3) is 0 Å². The van der Waals surface area contributed by atoms with Crippen molar-refractivity contribution in [3.63, 3.8) is 0 Å². The first-order chi connectivity index (χ1) is 12.8. The van der Waals surface area contributed by atoms with Crippen molar-refractivity contribution in [2.24, 2.45) is 34.5 Å². The minimum atomic E-state index is -0.584. The molecule has 5 rings (SSSR count). The Kier molecular flexibility index (Phi) is 3.92. The molecule has 0 aromatic rings. The monoisotopic (exact) mass is 374 g/mol. The van der Waals surface area contributed by atoms with Crippen LogP contribution in [0.5, 0.6) is 0 Å². The molecule has 2 N–H and O–H groups in total. The molecule has 0 saturated heterocycles. The van der Waals surface area contributed by atoms with Crippen LogP contribution in [0.2, 0.25) is 0 Å². The van der Waals surface area contributed by atoms with Crippen LogP contribution in [0.25, 0.3) is 0 Å². The van der Waals surface area contributed by atoms with Gasteiger partial charge in [0, 0.05) is 6.08 Å². The Bertz CT molecular complexity index is 686. The van der Waals surface area contributed by atoms with Gasteiger partial charge in [-0.25, -0.2) is 4.79 Å². The second-order valence-electron chi connectivity index (χ2n) is 10.8. The summed E-state index contributed by atoms with van der Waals surface area (Å²) in [7, 11) is 0. The van der Waals surface area contributed by atoms with Gasteiger partial charge >= 0.3 is 5.97 Å². The van der Waals surface area contributed by atoms with Gasteiger partial charge < -0.3 is 14.9 Å². The highest BCUT2D eigenvalue weighted by molar-refractivity contribution is 5.85. The van der Waals surface area contributed by atoms with Gasteiger partial charge in [-0.2, -0.15) is 0 Å². The molecular weight excluding hydrogens is 340 g/mol. The van der Waals surface area contributed by atoms with Crippen molar-refractivity contribution in [3.8, 4) is 0 Å². The third kappa shape index (κ3) is 2.38. The SMILES string of the molecule is C[C@@]12CC[C@@H](O)C[C@@H]1CCC1(O)[C@H]2CC[C@]2(C)[C@@H]1CC[C@H]2C1=CC(=O)OC1. The zero-order chi connectivity index (χ0) is 19.0. The summed E-state index contributed by atoms with van der Waals surface area (Å²) in [5, 5.41) is 22.3. The maximum absolute atomic E-state index is 12.1. The lowest BCUT2D eigenvalue weighted by Gasteiger charge is -2.64. The van der Waals surface area contributed by atoms with E-state index in [0.717, 1.165) is 63.4 Å². The highest BCUT2D eigenvalue weighted by Crippen LogP contribution is 2.69. The summed E-state index contributed by atoms with van der Waals surface area (Å²) in [5.41, 5.74) is 0.812. The molecule has 4 saturated carbocycles. The molecule has 0 spiro atoms. The molecule has 0 bridgehead atoms. The summed E-state index contributed by atoms with van der Waals surface area (Å²) in [6.07, 6.45) is 10.7. The third-order valence-corrected chi connectivity index (χ3v) is 9.84. The number of fused-ring (bicyclic) bond motifs is 5. The number of aliphatic hydroxyl groups is 2. The van der Waals surface area contributed by atoms with Crippen molar-refractivity contribution in [1.82, 2.24) is 0 Å². The Morgan fingerprint density at radius 3 is 2.48 bits per heavy atom. The molecule has 4 heteroatoms. The molecule has 27 heavy (non-hydrogen) atoms. The van der Waals surface area contributed by atoms with Gasteiger partial charge in [0.1, 0.15) is 6.61 Å². The molecule has 0 aromatic heterocycles. The number of rotatable bonds is 1. The third-order valence-electron chi connectivity index (χ3n) is 9.84. The van der Waals surface area contributed by atoms with Crippen LogP contribution in [0.1, 0.15) is 71.6 Å². The van der Waals surface area contributed by atoms with Crippen LogP contribution in [-0.2, 0) is 9.53 Å². The zero-order valence-electron chi connectivity index (χ0n) is 16.7. The fourth-order valence-electron chi connectivity index (χ4n) is 8.51. The van der Waals surface area contributed by atoms with Gasteiger partial charge in [-0.1, -0.05) is 13.8 Å². The minimum Gasteiger partial charge on any atom is -0.458 e. The number of carbonyl (C=O) groups is 1. The van der Waals surface area contributed by atoms with Crippen molar-refractivity contribution in [2.45, 2.75) is 83.3 Å². The molecular formula is C23H34O4. The Labute approximate surface area is 162 Å². The van der Waals surface area contributed by atoms with Crippen LogP contribution < -0.4 is 0 Å². The van der Waals surface area contributed by atoms with E-state index in [2.05, 4.69) is 13.8 Å². The first kappa shape index (κ1) is 18.2. The van der Waals surface area contributed by atoms with E-state index in [9.17, 15) is 15.0 Å². The largest absolute Gasteiger partial charge is 0.458 e. The molecule has 4 fully saturated rings. The van der Waals surface area contributed by atoms with Crippen LogP contribution >= 0.6 is 0 Å². The molecule has 1 heterocycles. The summed E-state index contributed by atoms with van der Waals surface area (Å²) in [6, 6.07) is 0. The number of esters is 1. The van der Waals surface area contributed by atoms with E-state index in [1.165, 1.54) is 0 Å². The molecule has 4 aliphatic carbocycles. The minimum absolute atomic E-state index is 0.0719. The predicted molar refractivity (Wildman–Crippen MR) is 102 cm³/mol. The van der Waals surface area contributed by atoms with Crippen molar-refractivity contribution >= 4 is 5.97 Å². The molecule has 8 atom stereocenters. The van der Waals surface area contributed by atoms with Crippen LogP contribution in [-0.4, -0.2) is 34.5 Å². The number of carbonyl (C=O) groups excluding carboxylic acids is 1. The van der Waals surface area contributed by atoms with Crippen LogP contribution in [0.4, 0.5) is 0 Å². The number of hydrogen-bond donors (Lipinski definition) is 2. The van der Waals surface area contributed by atoms with Crippen LogP contribution in [0.15, 0.2) is 11.6 Å². The lowest BCUT2D eigenvalue weighted by atomic mass is 9.42. The quantitative estimate of drug-likeness (QED) is 0.688. The zero-order valence-corrected chi connectivity index (χ0v) is 16.7. The van der Waals surface area contributed by atoms with Gasteiger partial charge in [-0.3, -0.25) is 0 Å². The van der Waals surface area contributed by atoms with Crippen LogP contribution in [0, 0.1) is 34.5 Å². The van der Waals surface area contributed by atoms with Crippen molar-refractivity contribution in [1.29, 1.82) is 0 Å². The highest BCUT2D eigenvalue weighted by atomic mass is 16.5. The Balaban J connectivity index is 1.47. The van der Waals surface area contributed by atoms with Crippen molar-refractivity contribution in [3.05, 3.63) is 11.6 Å². The summed E-state index contributed by atoms with van der Waals surface area (Å²) >= 11 is 0. The average molecular weight is 375 g/mol. The topological polar surface area (TPSA) is 66.8 Å². The van der Waals surface area contributed by atoms with E-state index >= 15 is 0 Å². The van der Waals surface area contributed by atoms with E-state index in [1.54, 1.807) is 6.08 Å². The molecule has 0 amide bonds. The van der Waals surface area contributed by atoms with Gasteiger partial charge in [0.2, 0.25) is 0 Å². The lowest BCUT2D eigenvalue weighted by Crippen LogP contribution is -2.64. The maximum atomic E-state index is 12.1. The van der Waals surface area contributed by atoms with Crippen molar-refractivity contribution in [2.75, 3.05) is 6.61 Å². The Hall–Kier alpha value is -0.870. The number of hydrogen-bond acceptors (Lipinski definition) is 4. The van der Waals surface area contributed by atoms with Crippen molar-refractivity contribution < 1.29 is 19.7 Å². The molecule has 150 valence electrons. The Morgan fingerprint density at radius 2 is 1.74 bits per heavy atom. The molecule has 0 radical (unpaired) electrons. The molecule has 5 aliphatic rings. The maximum Gasteiger partial charge on any atom is 0.331 e. The molecule has 4 nitrogen and oxygen atoms in total. The summed E-state index contributed by atoms with van der Waals surface area (Å²) in [6.45, 7) is 5.22. The second-order valence-corrected chi connectivity index (χ2v) is 10.8. The van der Waals surface area contributed by atoms with Gasteiger partial charge in [0.15, 0.2) is 0 Å². The van der Waals surface area contributed by atoms with Gasteiger partial charge in [-0.15, -0.1) is 0 Å². The van der Waals surface area contributed by atoms with E-state index < -0.39 is 5.60 Å². The highest BCUT2D eigenvalue weighted by Gasteiger charge is 2.66. The first-order valence-electron chi connectivity index (χ1n) is 11.0. The van der Waals surface area contributed by atoms with E-state index in [0.29, 0.717) is 30.3 Å². The van der Waals surface area contributed by atoms with Gasteiger partial charge in [0.05, 0.1) is 11.7 Å². The first-order valence-corrected chi connectivity index (χ1v) is 11.0. The summed E-state index contributed by atoms with van der Waals surface area (Å²) in [4.78, 5) is 11.6. The number of aliphatic hydroxyl groups excluding tert-OH is 1. The number of cyclic esters (lactones) is 1. The fourth-order valence-corrected chi connectivity index (χ4v) is 8.51. The van der Waals surface area contributed by atoms with E-state index in [1.807, 2.05) is 0 Å². The average Bonchev–Trinajstić information content (AvgIpc) is 3.19. The van der Waals surface area contributed by atoms with E-state index in [4.69, 9.17) is 4.74 Å². The fraction of sp³-hybridized carbons (Fsp3) is 0.870. The van der Waals surface area contributed by atoms with Gasteiger partial charge in [-0.05, 0) is 97.9 Å². The smallest absolute Gasteiger partial charge is 0.331 e.